The minimum absolute atomic E-state index is 0.00759. The van der Waals surface area contributed by atoms with Crippen LogP contribution in [0.1, 0.15) is 42.1 Å². The van der Waals surface area contributed by atoms with E-state index in [-0.39, 0.29) is 29.7 Å². The number of aryl methyl sites for hydroxylation is 1. The Kier molecular flexibility index (Phi) is 3.80. The summed E-state index contributed by atoms with van der Waals surface area (Å²) in [5, 5.41) is 22.2. The Morgan fingerprint density at radius 1 is 1.53 bits per heavy atom. The number of phenols is 1. The summed E-state index contributed by atoms with van der Waals surface area (Å²) in [6, 6.07) is 4.93. The number of hydrogen-bond donors (Lipinski definition) is 3. The normalized spacial score (nSPS) is 26.4. The highest BCUT2D eigenvalue weighted by molar-refractivity contribution is 5.97. The molecule has 1 aromatic rings. The molecule has 1 aliphatic carbocycles. The molecule has 4 nitrogen and oxygen atoms in total. The van der Waals surface area contributed by atoms with Crippen LogP contribution in [0.15, 0.2) is 18.2 Å². The second kappa shape index (κ2) is 5.21. The zero-order chi connectivity index (χ0) is 14.0. The van der Waals surface area contributed by atoms with Crippen molar-refractivity contribution in [1.82, 2.24) is 5.32 Å². The molecule has 1 fully saturated rings. The molecule has 1 aliphatic rings. The molecule has 104 valence electrons. The summed E-state index contributed by atoms with van der Waals surface area (Å²) in [5.74, 6) is -0.278. The van der Waals surface area contributed by atoms with Crippen LogP contribution in [0.3, 0.4) is 0 Å². The highest BCUT2D eigenvalue weighted by Gasteiger charge is 2.39. The number of benzene rings is 1. The van der Waals surface area contributed by atoms with Crippen LogP contribution >= 0.6 is 0 Å². The molecule has 0 bridgehead atoms. The predicted molar refractivity (Wildman–Crippen MR) is 73.1 cm³/mol. The summed E-state index contributed by atoms with van der Waals surface area (Å²) >= 11 is 0. The fourth-order valence-corrected chi connectivity index (χ4v) is 2.74. The van der Waals surface area contributed by atoms with E-state index >= 15 is 0 Å². The fraction of sp³-hybridized carbons (Fsp3) is 0.533. The van der Waals surface area contributed by atoms with Crippen molar-refractivity contribution in [3.8, 4) is 5.75 Å². The molecule has 1 saturated carbocycles. The average Bonchev–Trinajstić information content (AvgIpc) is 2.74. The molecule has 0 aliphatic heterocycles. The van der Waals surface area contributed by atoms with Gasteiger partial charge in [0.05, 0.1) is 12.2 Å². The summed E-state index contributed by atoms with van der Waals surface area (Å²) in [5.41, 5.74) is 0.973. The number of rotatable bonds is 3. The van der Waals surface area contributed by atoms with Crippen LogP contribution in [-0.2, 0) is 0 Å². The van der Waals surface area contributed by atoms with Crippen molar-refractivity contribution in [2.24, 2.45) is 5.41 Å². The minimum Gasteiger partial charge on any atom is -0.507 e. The number of phenolic OH excluding ortho intramolecular Hbond substituents is 1. The number of carbonyl (C=O) groups excluding carboxylic acids is 1. The Morgan fingerprint density at radius 2 is 2.26 bits per heavy atom. The van der Waals surface area contributed by atoms with Crippen LogP contribution < -0.4 is 5.32 Å². The molecule has 0 saturated heterocycles. The lowest BCUT2D eigenvalue weighted by Gasteiger charge is -2.30. The number of nitrogens with one attached hydrogen (secondary N) is 1. The summed E-state index contributed by atoms with van der Waals surface area (Å²) in [7, 11) is 0. The van der Waals surface area contributed by atoms with Crippen LogP contribution in [-0.4, -0.2) is 28.8 Å². The van der Waals surface area contributed by atoms with E-state index in [0.29, 0.717) is 5.56 Å². The topological polar surface area (TPSA) is 69.6 Å². The Bertz CT molecular complexity index is 486. The van der Waals surface area contributed by atoms with E-state index in [1.807, 2.05) is 13.8 Å². The van der Waals surface area contributed by atoms with Crippen molar-refractivity contribution >= 4 is 5.91 Å². The van der Waals surface area contributed by atoms with Crippen LogP contribution in [0.25, 0.3) is 0 Å². The lowest BCUT2D eigenvalue weighted by Crippen LogP contribution is -2.44. The molecule has 0 spiro atoms. The maximum Gasteiger partial charge on any atom is 0.255 e. The van der Waals surface area contributed by atoms with E-state index in [4.69, 9.17) is 0 Å². The first-order valence-corrected chi connectivity index (χ1v) is 6.67. The SMILES string of the molecule is Cc1ccc(O)c(C(=O)NC2CCCC2(C)CO)c1. The molecule has 0 heterocycles. The largest absolute Gasteiger partial charge is 0.507 e. The highest BCUT2D eigenvalue weighted by atomic mass is 16.3. The standard InChI is InChI=1S/C15H21NO3/c1-10-5-6-12(18)11(8-10)14(19)16-13-4-3-7-15(13,2)9-17/h5-6,8,13,17-18H,3-4,7,9H2,1-2H3,(H,16,19). The molecular weight excluding hydrogens is 242 g/mol. The highest BCUT2D eigenvalue weighted by Crippen LogP contribution is 2.37. The van der Waals surface area contributed by atoms with Gasteiger partial charge in [0.25, 0.3) is 5.91 Å². The molecule has 2 atom stereocenters. The van der Waals surface area contributed by atoms with Gasteiger partial charge >= 0.3 is 0 Å². The summed E-state index contributed by atoms with van der Waals surface area (Å²) in [4.78, 5) is 12.2. The van der Waals surface area contributed by atoms with Gasteiger partial charge in [-0.3, -0.25) is 4.79 Å². The fourth-order valence-electron chi connectivity index (χ4n) is 2.74. The second-order valence-electron chi connectivity index (χ2n) is 5.75. The maximum atomic E-state index is 12.2. The van der Waals surface area contributed by atoms with E-state index in [1.165, 1.54) is 6.07 Å². The van der Waals surface area contributed by atoms with Crippen LogP contribution in [0.2, 0.25) is 0 Å². The van der Waals surface area contributed by atoms with E-state index < -0.39 is 0 Å². The first-order chi connectivity index (χ1) is 8.96. The average molecular weight is 263 g/mol. The smallest absolute Gasteiger partial charge is 0.255 e. The van der Waals surface area contributed by atoms with E-state index in [9.17, 15) is 15.0 Å². The maximum absolute atomic E-state index is 12.2. The summed E-state index contributed by atoms with van der Waals surface area (Å²) in [6.07, 6.45) is 2.78. The second-order valence-corrected chi connectivity index (χ2v) is 5.75. The van der Waals surface area contributed by atoms with Gasteiger partial charge < -0.3 is 15.5 Å². The van der Waals surface area contributed by atoms with Gasteiger partial charge in [0.15, 0.2) is 0 Å². The third-order valence-corrected chi connectivity index (χ3v) is 4.15. The molecule has 4 heteroatoms. The van der Waals surface area contributed by atoms with Gasteiger partial charge in [-0.2, -0.15) is 0 Å². The molecule has 1 aromatic carbocycles. The van der Waals surface area contributed by atoms with Gasteiger partial charge in [-0.05, 0) is 31.9 Å². The van der Waals surface area contributed by atoms with Crippen molar-refractivity contribution in [3.63, 3.8) is 0 Å². The third kappa shape index (κ3) is 2.73. The molecule has 1 amide bonds. The lowest BCUT2D eigenvalue weighted by atomic mass is 9.85. The van der Waals surface area contributed by atoms with Crippen molar-refractivity contribution in [2.75, 3.05) is 6.61 Å². The van der Waals surface area contributed by atoms with Crippen molar-refractivity contribution in [1.29, 1.82) is 0 Å². The Labute approximate surface area is 113 Å². The number of hydrogen-bond acceptors (Lipinski definition) is 3. The summed E-state index contributed by atoms with van der Waals surface area (Å²) < 4.78 is 0. The number of amides is 1. The van der Waals surface area contributed by atoms with Gasteiger partial charge in [-0.25, -0.2) is 0 Å². The van der Waals surface area contributed by atoms with E-state index in [0.717, 1.165) is 24.8 Å². The molecule has 2 unspecified atom stereocenters. The van der Waals surface area contributed by atoms with Gasteiger partial charge in [0, 0.05) is 11.5 Å². The molecule has 2 rings (SSSR count). The molecular formula is C15H21NO3. The van der Waals surface area contributed by atoms with Crippen molar-refractivity contribution < 1.29 is 15.0 Å². The number of carbonyl (C=O) groups is 1. The summed E-state index contributed by atoms with van der Waals surface area (Å²) in [6.45, 7) is 3.93. The molecule has 0 aromatic heterocycles. The Balaban J connectivity index is 2.15. The minimum atomic E-state index is -0.271. The third-order valence-electron chi connectivity index (χ3n) is 4.15. The van der Waals surface area contributed by atoms with Gasteiger partial charge in [0.1, 0.15) is 5.75 Å². The van der Waals surface area contributed by atoms with E-state index in [1.54, 1.807) is 12.1 Å². The zero-order valence-corrected chi connectivity index (χ0v) is 11.4. The Morgan fingerprint density at radius 3 is 2.95 bits per heavy atom. The number of aromatic hydroxyl groups is 1. The van der Waals surface area contributed by atoms with Crippen molar-refractivity contribution in [2.45, 2.75) is 39.2 Å². The Hall–Kier alpha value is -1.55. The number of aliphatic hydroxyl groups is 1. The number of aliphatic hydroxyl groups excluding tert-OH is 1. The predicted octanol–water partition coefficient (Wildman–Crippen LogP) is 1.98. The first-order valence-electron chi connectivity index (χ1n) is 6.67. The lowest BCUT2D eigenvalue weighted by molar-refractivity contribution is 0.0828. The zero-order valence-electron chi connectivity index (χ0n) is 11.4. The first kappa shape index (κ1) is 13.9. The monoisotopic (exact) mass is 263 g/mol. The van der Waals surface area contributed by atoms with Gasteiger partial charge in [0.2, 0.25) is 0 Å². The van der Waals surface area contributed by atoms with E-state index in [2.05, 4.69) is 5.32 Å². The van der Waals surface area contributed by atoms with Crippen LogP contribution in [0.5, 0.6) is 5.75 Å². The quantitative estimate of drug-likeness (QED) is 0.781. The molecule has 19 heavy (non-hydrogen) atoms. The van der Waals surface area contributed by atoms with Crippen molar-refractivity contribution in [3.05, 3.63) is 29.3 Å². The van der Waals surface area contributed by atoms with Crippen LogP contribution in [0, 0.1) is 12.3 Å². The molecule has 3 N–H and O–H groups in total. The van der Waals surface area contributed by atoms with Gasteiger partial charge in [-0.1, -0.05) is 25.0 Å². The van der Waals surface area contributed by atoms with Gasteiger partial charge in [-0.15, -0.1) is 0 Å². The molecule has 0 radical (unpaired) electrons. The van der Waals surface area contributed by atoms with Crippen LogP contribution in [0.4, 0.5) is 0 Å².